The Kier molecular flexibility index (Phi) is 6.13. The first-order valence-corrected chi connectivity index (χ1v) is 20.0. The van der Waals surface area contributed by atoms with Crippen molar-refractivity contribution >= 4 is 11.6 Å². The van der Waals surface area contributed by atoms with Gasteiger partial charge in [-0.3, -0.25) is 9.59 Å². The molecule has 11 aliphatic rings. The van der Waals surface area contributed by atoms with Gasteiger partial charge in [0.05, 0.1) is 24.4 Å². The van der Waals surface area contributed by atoms with Crippen molar-refractivity contribution in [3.63, 3.8) is 0 Å². The number of fused-ring (bicyclic) bond motifs is 13. The zero-order valence-corrected chi connectivity index (χ0v) is 26.9. The predicted octanol–water partition coefficient (Wildman–Crippen LogP) is 7.66. The molecule has 0 amide bonds. The molecule has 2 saturated heterocycles. The van der Waals surface area contributed by atoms with E-state index in [4.69, 9.17) is 9.47 Å². The fourth-order valence-corrected chi connectivity index (χ4v) is 16.7. The molecule has 0 radical (unpaired) electrons. The zero-order valence-electron chi connectivity index (χ0n) is 26.9. The Labute approximate surface area is 264 Å². The first-order chi connectivity index (χ1) is 21.7. The number of rotatable bonds is 0. The lowest BCUT2D eigenvalue weighted by molar-refractivity contribution is -0.302. The van der Waals surface area contributed by atoms with E-state index >= 15 is 0 Å². The molecule has 20 atom stereocenters. The summed E-state index contributed by atoms with van der Waals surface area (Å²) >= 11 is 0. The van der Waals surface area contributed by atoms with E-state index in [1.807, 2.05) is 0 Å². The van der Waals surface area contributed by atoms with Gasteiger partial charge in [0.1, 0.15) is 11.6 Å². The molecule has 44 heavy (non-hydrogen) atoms. The van der Waals surface area contributed by atoms with Gasteiger partial charge < -0.3 is 9.47 Å². The number of hydrogen-bond donors (Lipinski definition) is 0. The Hall–Kier alpha value is -0.740. The maximum Gasteiger partial charge on any atom is 0.139 e. The number of carbonyl (C=O) groups is 2. The highest BCUT2D eigenvalue weighted by Gasteiger charge is 2.69. The highest BCUT2D eigenvalue weighted by Crippen LogP contribution is 2.69. The van der Waals surface area contributed by atoms with Crippen LogP contribution in [-0.2, 0) is 19.1 Å². The predicted molar refractivity (Wildman–Crippen MR) is 166 cm³/mol. The minimum Gasteiger partial charge on any atom is -0.374 e. The van der Waals surface area contributed by atoms with Gasteiger partial charge in [-0.15, -0.1) is 0 Å². The molecule has 9 saturated carbocycles. The Balaban J connectivity index is 0.952. The van der Waals surface area contributed by atoms with Crippen molar-refractivity contribution in [1.29, 1.82) is 0 Å². The molecule has 0 aromatic carbocycles. The molecule has 2 aliphatic heterocycles. The van der Waals surface area contributed by atoms with Crippen LogP contribution in [0.4, 0.5) is 0 Å². The first-order valence-electron chi connectivity index (χ1n) is 20.0. The Morgan fingerprint density at radius 3 is 1.20 bits per heavy atom. The zero-order chi connectivity index (χ0) is 28.8. The van der Waals surface area contributed by atoms with E-state index in [1.54, 1.807) is 0 Å². The number of ketones is 2. The van der Waals surface area contributed by atoms with Crippen LogP contribution in [0, 0.1) is 94.7 Å². The fourth-order valence-electron chi connectivity index (χ4n) is 16.7. The number of carbonyl (C=O) groups excluding carboxylic acids is 2. The summed E-state index contributed by atoms with van der Waals surface area (Å²) in [6.07, 6.45) is 24.5. The van der Waals surface area contributed by atoms with Gasteiger partial charge >= 0.3 is 0 Å². The van der Waals surface area contributed by atoms with Crippen LogP contribution in [0.1, 0.15) is 116 Å². The van der Waals surface area contributed by atoms with E-state index < -0.39 is 0 Å². The largest absolute Gasteiger partial charge is 0.374 e. The molecule has 0 N–H and O–H groups in total. The lowest BCUT2D eigenvalue weighted by Crippen LogP contribution is -2.69. The fraction of sp³-hybridized carbons (Fsp3) is 0.950. The summed E-state index contributed by atoms with van der Waals surface area (Å²) in [4.78, 5) is 27.5. The summed E-state index contributed by atoms with van der Waals surface area (Å²) in [7, 11) is 0. The van der Waals surface area contributed by atoms with Gasteiger partial charge in [0.15, 0.2) is 0 Å². The van der Waals surface area contributed by atoms with E-state index in [1.165, 1.54) is 89.9 Å². The molecule has 4 nitrogen and oxygen atoms in total. The normalized spacial score (nSPS) is 61.7. The molecule has 2 heterocycles. The Morgan fingerprint density at radius 1 is 0.341 bits per heavy atom. The summed E-state index contributed by atoms with van der Waals surface area (Å²) in [5.41, 5.74) is 0. The van der Waals surface area contributed by atoms with Gasteiger partial charge in [0.2, 0.25) is 0 Å². The van der Waals surface area contributed by atoms with Crippen molar-refractivity contribution in [3.05, 3.63) is 0 Å². The van der Waals surface area contributed by atoms with Crippen molar-refractivity contribution in [2.45, 2.75) is 140 Å². The first kappa shape index (κ1) is 27.2. The molecular weight excluding hydrogens is 544 g/mol. The van der Waals surface area contributed by atoms with Crippen LogP contribution in [0.2, 0.25) is 0 Å². The maximum atomic E-state index is 13.7. The van der Waals surface area contributed by atoms with Crippen LogP contribution in [0.5, 0.6) is 0 Å². The molecule has 4 heteroatoms. The molecule has 0 aromatic rings. The Morgan fingerprint density at radius 2 is 0.750 bits per heavy atom. The van der Waals surface area contributed by atoms with Gasteiger partial charge in [-0.1, -0.05) is 38.5 Å². The van der Waals surface area contributed by atoms with E-state index in [0.29, 0.717) is 107 Å². The minimum absolute atomic E-state index is 0.308. The van der Waals surface area contributed by atoms with Gasteiger partial charge in [-0.05, 0) is 148 Å². The molecule has 20 unspecified atom stereocenters. The maximum absolute atomic E-state index is 13.7. The van der Waals surface area contributed by atoms with Crippen molar-refractivity contribution in [2.75, 3.05) is 0 Å². The van der Waals surface area contributed by atoms with E-state index in [2.05, 4.69) is 0 Å². The third kappa shape index (κ3) is 3.55. The average molecular weight is 601 g/mol. The second-order valence-corrected chi connectivity index (χ2v) is 18.7. The SMILES string of the molecule is O=C1C2CCCCC2C2CC3C(CC12)OC1CCC2OC4CC5C(=O)C6CCCCC6C5CC4C4C5CCCCC5C3C1C24. The highest BCUT2D eigenvalue weighted by molar-refractivity contribution is 5.87. The van der Waals surface area contributed by atoms with Crippen molar-refractivity contribution in [1.82, 2.24) is 0 Å². The molecule has 9 aliphatic carbocycles. The van der Waals surface area contributed by atoms with Crippen LogP contribution < -0.4 is 0 Å². The minimum atomic E-state index is 0.308. The molecule has 0 bridgehead atoms. The number of hydrogen-bond acceptors (Lipinski definition) is 4. The van der Waals surface area contributed by atoms with Gasteiger partial charge in [0, 0.05) is 23.7 Å². The molecular formula is C40H56O4. The number of Topliss-reactive ketones (excluding diaryl/α,β-unsaturated/α-hetero) is 2. The van der Waals surface area contributed by atoms with Crippen molar-refractivity contribution in [3.8, 4) is 0 Å². The van der Waals surface area contributed by atoms with E-state index in [-0.39, 0.29) is 0 Å². The van der Waals surface area contributed by atoms with Crippen LogP contribution in [-0.4, -0.2) is 36.0 Å². The van der Waals surface area contributed by atoms with E-state index in [0.717, 1.165) is 49.4 Å². The quantitative estimate of drug-likeness (QED) is 0.286. The molecule has 0 aromatic heterocycles. The topological polar surface area (TPSA) is 52.6 Å². The lowest BCUT2D eigenvalue weighted by Gasteiger charge is -2.69. The Bertz CT molecular complexity index is 1120. The summed E-state index contributed by atoms with van der Waals surface area (Å²) in [5, 5.41) is 0. The van der Waals surface area contributed by atoms with Gasteiger partial charge in [0.25, 0.3) is 0 Å². The third-order valence-electron chi connectivity index (χ3n) is 17.7. The smallest absolute Gasteiger partial charge is 0.139 e. The highest BCUT2D eigenvalue weighted by atomic mass is 16.5. The van der Waals surface area contributed by atoms with E-state index in [9.17, 15) is 9.59 Å². The second-order valence-electron chi connectivity index (χ2n) is 18.7. The summed E-state index contributed by atoms with van der Waals surface area (Å²) in [6, 6.07) is 0. The molecule has 240 valence electrons. The van der Waals surface area contributed by atoms with Crippen LogP contribution in [0.25, 0.3) is 0 Å². The lowest BCUT2D eigenvalue weighted by atomic mass is 9.41. The summed E-state index contributed by atoms with van der Waals surface area (Å²) in [6.45, 7) is 0. The average Bonchev–Trinajstić information content (AvgIpc) is 3.50. The molecule has 0 spiro atoms. The monoisotopic (exact) mass is 600 g/mol. The third-order valence-corrected chi connectivity index (χ3v) is 17.7. The van der Waals surface area contributed by atoms with Crippen molar-refractivity contribution in [2.24, 2.45) is 94.7 Å². The van der Waals surface area contributed by atoms with Gasteiger partial charge in [-0.25, -0.2) is 0 Å². The standard InChI is InChI=1S/C40H56O4/c41-39-23-11-5-1-7-19(23)25-15-29-33(17-27(25)39)43-31-13-14-32-38-36(22-10-4-3-9-21(22)35(29)37(31)38)30-16-26-20-8-2-6-12-24(20)40(42)28(26)18-34(30)44-32/h19-38H,1-18H2. The summed E-state index contributed by atoms with van der Waals surface area (Å²) < 4.78 is 14.6. The molecule has 11 fully saturated rings. The number of ether oxygens (including phenoxy) is 2. The summed E-state index contributed by atoms with van der Waals surface area (Å²) in [5.74, 6) is 11.4. The van der Waals surface area contributed by atoms with Crippen LogP contribution in [0.15, 0.2) is 0 Å². The second kappa shape index (κ2) is 9.90. The van der Waals surface area contributed by atoms with Crippen LogP contribution >= 0.6 is 0 Å². The van der Waals surface area contributed by atoms with Crippen molar-refractivity contribution < 1.29 is 19.1 Å². The van der Waals surface area contributed by atoms with Gasteiger partial charge in [-0.2, -0.15) is 0 Å². The molecule has 11 rings (SSSR count). The van der Waals surface area contributed by atoms with Crippen LogP contribution in [0.3, 0.4) is 0 Å².